The Morgan fingerprint density at radius 2 is 1.56 bits per heavy atom. The molecular weight excluding hydrogens is 232 g/mol. The molecule has 0 fully saturated rings. The minimum Gasteiger partial charge on any atom is -0.480 e. The third kappa shape index (κ3) is 5.38. The summed E-state index contributed by atoms with van der Waals surface area (Å²) in [6.07, 6.45) is 0. The first kappa shape index (κ1) is 16.7. The Kier molecular flexibility index (Phi) is 6.15. The molecule has 0 aliphatic rings. The number of carboxylic acids is 1. The van der Waals surface area contributed by atoms with Crippen LogP contribution in [-0.4, -0.2) is 29.2 Å². The predicted octanol–water partition coefficient (Wildman–Crippen LogP) is 2.08. The van der Waals surface area contributed by atoms with E-state index in [2.05, 4.69) is 38.3 Å². The number of nitrogens with one attached hydrogen (secondary N) is 2. The lowest BCUT2D eigenvalue weighted by Gasteiger charge is -2.26. The number of carboxylic acid groups (broad SMARTS) is 1. The van der Waals surface area contributed by atoms with Crippen LogP contribution in [0.15, 0.2) is 0 Å². The number of carbonyl (C=O) groups excluding carboxylic acids is 1. The molecule has 0 aromatic carbocycles. The molecule has 0 rings (SSSR count). The fourth-order valence-corrected chi connectivity index (χ4v) is 1.83. The molecule has 0 saturated carbocycles. The minimum atomic E-state index is -1.25. The topological polar surface area (TPSA) is 78.4 Å². The normalized spacial score (nSPS) is 12.1. The van der Waals surface area contributed by atoms with Crippen LogP contribution in [0, 0.1) is 17.8 Å². The zero-order valence-corrected chi connectivity index (χ0v) is 12.2. The van der Waals surface area contributed by atoms with Crippen molar-refractivity contribution in [3.05, 3.63) is 0 Å². The van der Waals surface area contributed by atoms with Crippen LogP contribution < -0.4 is 10.6 Å². The molecule has 5 nitrogen and oxygen atoms in total. The van der Waals surface area contributed by atoms with Gasteiger partial charge in [0, 0.05) is 6.54 Å². The van der Waals surface area contributed by atoms with Crippen molar-refractivity contribution >= 4 is 12.0 Å². The van der Waals surface area contributed by atoms with E-state index >= 15 is 0 Å². The van der Waals surface area contributed by atoms with Crippen LogP contribution in [0.3, 0.4) is 0 Å². The molecule has 0 atom stereocenters. The van der Waals surface area contributed by atoms with Crippen LogP contribution in [-0.2, 0) is 4.79 Å². The van der Waals surface area contributed by atoms with Gasteiger partial charge in [-0.2, -0.15) is 0 Å². The summed E-state index contributed by atoms with van der Waals surface area (Å²) in [6.45, 7) is 11.9. The summed E-state index contributed by atoms with van der Waals surface area (Å²) in [5.41, 5.74) is -1.25. The zero-order chi connectivity index (χ0) is 14.5. The lowest BCUT2D eigenvalue weighted by molar-refractivity contribution is -0.142. The van der Waals surface area contributed by atoms with Gasteiger partial charge in [0.1, 0.15) is 5.54 Å². The van der Waals surface area contributed by atoms with E-state index in [0.717, 1.165) is 0 Å². The van der Waals surface area contributed by atoms with Gasteiger partial charge in [0.2, 0.25) is 0 Å². The lowest BCUT2D eigenvalue weighted by Crippen LogP contribution is -2.54. The largest absolute Gasteiger partial charge is 0.480 e. The van der Waals surface area contributed by atoms with E-state index in [4.69, 9.17) is 5.11 Å². The Morgan fingerprint density at radius 1 is 1.11 bits per heavy atom. The number of amides is 2. The first-order chi connectivity index (χ1) is 8.08. The van der Waals surface area contributed by atoms with Gasteiger partial charge < -0.3 is 15.7 Å². The summed E-state index contributed by atoms with van der Waals surface area (Å²) >= 11 is 0. The third-order valence-electron chi connectivity index (χ3n) is 3.17. The van der Waals surface area contributed by atoms with Gasteiger partial charge in [-0.15, -0.1) is 0 Å². The molecule has 3 N–H and O–H groups in total. The van der Waals surface area contributed by atoms with Gasteiger partial charge in [-0.1, -0.05) is 27.7 Å². The Balaban J connectivity index is 4.30. The molecule has 0 spiro atoms. The number of carbonyl (C=O) groups is 2. The third-order valence-corrected chi connectivity index (χ3v) is 3.17. The maximum Gasteiger partial charge on any atom is 0.328 e. The molecule has 0 aliphatic heterocycles. The summed E-state index contributed by atoms with van der Waals surface area (Å²) in [6, 6.07) is -0.436. The molecule has 18 heavy (non-hydrogen) atoms. The fraction of sp³-hybridized carbons (Fsp3) is 0.846. The van der Waals surface area contributed by atoms with Crippen molar-refractivity contribution in [2.75, 3.05) is 6.54 Å². The molecule has 0 aromatic rings. The maximum absolute atomic E-state index is 11.6. The first-order valence-electron chi connectivity index (χ1n) is 6.37. The van der Waals surface area contributed by atoms with E-state index < -0.39 is 17.5 Å². The summed E-state index contributed by atoms with van der Waals surface area (Å²) in [4.78, 5) is 22.5. The maximum atomic E-state index is 11.6. The first-order valence-corrected chi connectivity index (χ1v) is 6.37. The highest BCUT2D eigenvalue weighted by molar-refractivity contribution is 5.85. The Hall–Kier alpha value is -1.26. The van der Waals surface area contributed by atoms with Crippen LogP contribution in [0.1, 0.15) is 41.5 Å². The van der Waals surface area contributed by atoms with Crippen molar-refractivity contribution in [3.63, 3.8) is 0 Å². The molecule has 0 bridgehead atoms. The van der Waals surface area contributed by atoms with Crippen LogP contribution in [0.25, 0.3) is 0 Å². The van der Waals surface area contributed by atoms with Gasteiger partial charge in [-0.3, -0.25) is 0 Å². The van der Waals surface area contributed by atoms with Crippen LogP contribution in [0.5, 0.6) is 0 Å². The zero-order valence-electron chi connectivity index (χ0n) is 12.2. The van der Waals surface area contributed by atoms with E-state index in [1.165, 1.54) is 13.8 Å². The Bertz CT molecular complexity index is 291. The van der Waals surface area contributed by atoms with E-state index in [1.807, 2.05) is 0 Å². The molecule has 2 amide bonds. The second kappa shape index (κ2) is 6.61. The molecule has 0 heterocycles. The smallest absolute Gasteiger partial charge is 0.328 e. The average Bonchev–Trinajstić information content (AvgIpc) is 2.15. The highest BCUT2D eigenvalue weighted by Gasteiger charge is 2.29. The van der Waals surface area contributed by atoms with Crippen LogP contribution >= 0.6 is 0 Å². The summed E-state index contributed by atoms with van der Waals surface area (Å²) in [7, 11) is 0. The summed E-state index contributed by atoms with van der Waals surface area (Å²) in [5.74, 6) is 0.265. The van der Waals surface area contributed by atoms with Gasteiger partial charge in [-0.25, -0.2) is 9.59 Å². The van der Waals surface area contributed by atoms with E-state index in [-0.39, 0.29) is 0 Å². The van der Waals surface area contributed by atoms with Gasteiger partial charge in [-0.05, 0) is 31.6 Å². The molecular formula is C13H26N2O3. The summed E-state index contributed by atoms with van der Waals surface area (Å²) < 4.78 is 0. The van der Waals surface area contributed by atoms with Crippen molar-refractivity contribution in [2.45, 2.75) is 47.1 Å². The molecule has 0 aromatic heterocycles. The van der Waals surface area contributed by atoms with Crippen LogP contribution in [0.4, 0.5) is 4.79 Å². The number of hydrogen-bond acceptors (Lipinski definition) is 2. The minimum absolute atomic E-state index is 0.378. The monoisotopic (exact) mass is 258 g/mol. The highest BCUT2D eigenvalue weighted by atomic mass is 16.4. The SMILES string of the molecule is CC(C)C(CNC(=O)NC(C)(C)C(=O)O)C(C)C. The standard InChI is InChI=1S/C13H26N2O3/c1-8(2)10(9(3)4)7-14-12(18)15-13(5,6)11(16)17/h8-10H,7H2,1-6H3,(H,16,17)(H2,14,15,18). The van der Waals surface area contributed by atoms with E-state index in [9.17, 15) is 9.59 Å². The summed E-state index contributed by atoms with van der Waals surface area (Å²) in [5, 5.41) is 14.1. The molecule has 106 valence electrons. The van der Waals surface area contributed by atoms with Gasteiger partial charge in [0.05, 0.1) is 0 Å². The average molecular weight is 258 g/mol. The second-order valence-corrected chi connectivity index (χ2v) is 5.92. The van der Waals surface area contributed by atoms with Crippen molar-refractivity contribution < 1.29 is 14.7 Å². The quantitative estimate of drug-likeness (QED) is 0.682. The number of aliphatic carboxylic acids is 1. The molecule has 0 saturated heterocycles. The van der Waals surface area contributed by atoms with Gasteiger partial charge in [0.15, 0.2) is 0 Å². The van der Waals surface area contributed by atoms with Crippen LogP contribution in [0.2, 0.25) is 0 Å². The predicted molar refractivity (Wildman–Crippen MR) is 71.4 cm³/mol. The number of rotatable bonds is 6. The molecule has 0 unspecified atom stereocenters. The Labute approximate surface area is 109 Å². The molecule has 0 radical (unpaired) electrons. The van der Waals surface area contributed by atoms with Gasteiger partial charge >= 0.3 is 12.0 Å². The van der Waals surface area contributed by atoms with Crippen molar-refractivity contribution in [1.29, 1.82) is 0 Å². The Morgan fingerprint density at radius 3 is 1.89 bits per heavy atom. The molecule has 0 aliphatic carbocycles. The van der Waals surface area contributed by atoms with Crippen molar-refractivity contribution in [2.24, 2.45) is 17.8 Å². The lowest BCUT2D eigenvalue weighted by atomic mass is 9.85. The number of urea groups is 1. The van der Waals surface area contributed by atoms with Crippen molar-refractivity contribution in [3.8, 4) is 0 Å². The molecule has 5 heteroatoms. The van der Waals surface area contributed by atoms with Crippen molar-refractivity contribution in [1.82, 2.24) is 10.6 Å². The van der Waals surface area contributed by atoms with E-state index in [1.54, 1.807) is 0 Å². The number of hydrogen-bond donors (Lipinski definition) is 3. The highest BCUT2D eigenvalue weighted by Crippen LogP contribution is 2.19. The van der Waals surface area contributed by atoms with E-state index in [0.29, 0.717) is 24.3 Å². The fourth-order valence-electron chi connectivity index (χ4n) is 1.83. The second-order valence-electron chi connectivity index (χ2n) is 5.92. The van der Waals surface area contributed by atoms with Gasteiger partial charge in [0.25, 0.3) is 0 Å².